The van der Waals surface area contributed by atoms with Crippen molar-refractivity contribution in [2.75, 3.05) is 50.0 Å². The van der Waals surface area contributed by atoms with Crippen molar-refractivity contribution in [1.29, 1.82) is 0 Å². The summed E-state index contributed by atoms with van der Waals surface area (Å²) in [5, 5.41) is 23.9. The number of hydrogen-bond acceptors (Lipinski definition) is 9. The van der Waals surface area contributed by atoms with Crippen LogP contribution in [0, 0.1) is 0 Å². The molecule has 10 heteroatoms. The standard InChI is InChI=1S/C29H46N10/c1-38(25-13-18-31-19-14-25)28-26-11-5-6-12-27(26)34-29(35-28)33-21-24-22-39(37-36-24)20-8-16-30-15-7-17-32-23-9-3-2-4-10-23/h5-6,11-12,22-23,25,30-32H,2-4,7-10,13-21H2,1H3,(H,33,34,35). The summed E-state index contributed by atoms with van der Waals surface area (Å²) in [6, 6.07) is 9.49. The number of aromatic nitrogens is 5. The number of hydrogen-bond donors (Lipinski definition) is 4. The molecule has 1 saturated carbocycles. The van der Waals surface area contributed by atoms with E-state index in [1.165, 1.54) is 38.5 Å². The molecule has 39 heavy (non-hydrogen) atoms. The number of aryl methyl sites for hydroxylation is 1. The van der Waals surface area contributed by atoms with Crippen LogP contribution in [0.4, 0.5) is 11.8 Å². The van der Waals surface area contributed by atoms with E-state index >= 15 is 0 Å². The van der Waals surface area contributed by atoms with Crippen LogP contribution in [0.15, 0.2) is 30.5 Å². The number of para-hydroxylation sites is 1. The van der Waals surface area contributed by atoms with E-state index in [0.29, 0.717) is 18.5 Å². The fourth-order valence-corrected chi connectivity index (χ4v) is 5.79. The molecule has 0 radical (unpaired) electrons. The molecule has 2 aliphatic rings. The van der Waals surface area contributed by atoms with Crippen molar-refractivity contribution in [3.05, 3.63) is 36.2 Å². The van der Waals surface area contributed by atoms with Crippen LogP contribution in [0.25, 0.3) is 10.9 Å². The van der Waals surface area contributed by atoms with Gasteiger partial charge in [-0.15, -0.1) is 5.10 Å². The average Bonchev–Trinajstić information content (AvgIpc) is 3.45. The van der Waals surface area contributed by atoms with Gasteiger partial charge < -0.3 is 26.2 Å². The first-order chi connectivity index (χ1) is 19.3. The molecule has 4 N–H and O–H groups in total. The van der Waals surface area contributed by atoms with Crippen LogP contribution >= 0.6 is 0 Å². The zero-order valence-corrected chi connectivity index (χ0v) is 23.5. The zero-order valence-electron chi connectivity index (χ0n) is 23.5. The molecular weight excluding hydrogens is 488 g/mol. The van der Waals surface area contributed by atoms with Crippen LogP contribution in [0.5, 0.6) is 0 Å². The fourth-order valence-electron chi connectivity index (χ4n) is 5.79. The molecule has 0 amide bonds. The van der Waals surface area contributed by atoms with Gasteiger partial charge in [-0.25, -0.2) is 4.98 Å². The lowest BCUT2D eigenvalue weighted by Crippen LogP contribution is -2.41. The second-order valence-electron chi connectivity index (χ2n) is 11.1. The van der Waals surface area contributed by atoms with Crippen molar-refractivity contribution in [2.24, 2.45) is 0 Å². The van der Waals surface area contributed by atoms with E-state index in [9.17, 15) is 0 Å². The summed E-state index contributed by atoms with van der Waals surface area (Å²) in [4.78, 5) is 12.0. The number of nitrogens with zero attached hydrogens (tertiary/aromatic N) is 6. The first-order valence-corrected chi connectivity index (χ1v) is 15.0. The highest BCUT2D eigenvalue weighted by Crippen LogP contribution is 2.28. The molecule has 5 rings (SSSR count). The van der Waals surface area contributed by atoms with Crippen molar-refractivity contribution in [2.45, 2.75) is 83.0 Å². The molecule has 0 bridgehead atoms. The Hall–Kier alpha value is -2.82. The molecule has 212 valence electrons. The number of nitrogens with one attached hydrogen (secondary N) is 4. The van der Waals surface area contributed by atoms with Crippen LogP contribution in [0.2, 0.25) is 0 Å². The monoisotopic (exact) mass is 534 g/mol. The van der Waals surface area contributed by atoms with Gasteiger partial charge in [0.25, 0.3) is 0 Å². The lowest BCUT2D eigenvalue weighted by Gasteiger charge is -2.33. The minimum Gasteiger partial charge on any atom is -0.356 e. The van der Waals surface area contributed by atoms with E-state index in [-0.39, 0.29) is 0 Å². The third-order valence-electron chi connectivity index (χ3n) is 8.10. The molecule has 1 saturated heterocycles. The Kier molecular flexibility index (Phi) is 10.3. The summed E-state index contributed by atoms with van der Waals surface area (Å²) in [6.07, 6.45) is 13.4. The zero-order chi connectivity index (χ0) is 26.7. The van der Waals surface area contributed by atoms with Crippen LogP contribution < -0.4 is 26.2 Å². The van der Waals surface area contributed by atoms with Gasteiger partial charge in [-0.1, -0.05) is 36.6 Å². The summed E-state index contributed by atoms with van der Waals surface area (Å²) in [6.45, 7) is 6.67. The lowest BCUT2D eigenvalue weighted by atomic mass is 9.95. The van der Waals surface area contributed by atoms with Gasteiger partial charge in [0.1, 0.15) is 11.5 Å². The molecule has 0 spiro atoms. The normalized spacial score (nSPS) is 17.1. The molecular formula is C29H46N10. The van der Waals surface area contributed by atoms with Gasteiger partial charge in [0.15, 0.2) is 0 Å². The van der Waals surface area contributed by atoms with Gasteiger partial charge in [0.05, 0.1) is 18.3 Å². The summed E-state index contributed by atoms with van der Waals surface area (Å²) in [5.74, 6) is 1.61. The van der Waals surface area contributed by atoms with E-state index in [0.717, 1.165) is 87.0 Å². The Balaban J connectivity index is 1.05. The summed E-state index contributed by atoms with van der Waals surface area (Å²) in [5.41, 5.74) is 1.84. The van der Waals surface area contributed by atoms with Crippen molar-refractivity contribution < 1.29 is 0 Å². The van der Waals surface area contributed by atoms with E-state index in [4.69, 9.17) is 9.97 Å². The number of anilines is 2. The maximum absolute atomic E-state index is 4.93. The van der Waals surface area contributed by atoms with Gasteiger partial charge in [-0.2, -0.15) is 4.98 Å². The molecule has 1 aliphatic heterocycles. The van der Waals surface area contributed by atoms with Crippen molar-refractivity contribution in [1.82, 2.24) is 40.9 Å². The van der Waals surface area contributed by atoms with E-state index in [1.54, 1.807) is 0 Å². The molecule has 0 unspecified atom stereocenters. The quantitative estimate of drug-likeness (QED) is 0.232. The lowest BCUT2D eigenvalue weighted by molar-refractivity contribution is 0.371. The molecule has 0 atom stereocenters. The van der Waals surface area contributed by atoms with Crippen molar-refractivity contribution in [3.8, 4) is 0 Å². The van der Waals surface area contributed by atoms with Crippen LogP contribution in [0.3, 0.4) is 0 Å². The van der Waals surface area contributed by atoms with Gasteiger partial charge in [-0.3, -0.25) is 4.68 Å². The van der Waals surface area contributed by atoms with Gasteiger partial charge in [0.2, 0.25) is 5.95 Å². The highest BCUT2D eigenvalue weighted by Gasteiger charge is 2.21. The first kappa shape index (κ1) is 27.7. The smallest absolute Gasteiger partial charge is 0.225 e. The second-order valence-corrected chi connectivity index (χ2v) is 11.1. The van der Waals surface area contributed by atoms with E-state index < -0.39 is 0 Å². The van der Waals surface area contributed by atoms with Crippen LogP contribution in [-0.4, -0.2) is 76.8 Å². The van der Waals surface area contributed by atoms with Crippen molar-refractivity contribution >= 4 is 22.7 Å². The molecule has 2 aromatic heterocycles. The Morgan fingerprint density at radius 1 is 0.974 bits per heavy atom. The van der Waals surface area contributed by atoms with Gasteiger partial charge in [-0.05, 0) is 83.4 Å². The number of rotatable bonds is 14. The average molecular weight is 535 g/mol. The molecule has 3 aromatic rings. The first-order valence-electron chi connectivity index (χ1n) is 15.0. The predicted molar refractivity (Wildman–Crippen MR) is 158 cm³/mol. The third-order valence-corrected chi connectivity index (χ3v) is 8.10. The van der Waals surface area contributed by atoms with Crippen LogP contribution in [0.1, 0.15) is 63.5 Å². The molecule has 10 nitrogen and oxygen atoms in total. The Bertz CT molecular complexity index is 1140. The number of fused-ring (bicyclic) bond motifs is 1. The molecule has 1 aliphatic carbocycles. The molecule has 3 heterocycles. The van der Waals surface area contributed by atoms with Gasteiger partial charge in [0, 0.05) is 31.1 Å². The topological polar surface area (TPSA) is 108 Å². The summed E-state index contributed by atoms with van der Waals surface area (Å²) < 4.78 is 1.93. The maximum atomic E-state index is 4.93. The van der Waals surface area contributed by atoms with E-state index in [2.05, 4.69) is 61.7 Å². The Labute approximate surface area is 232 Å². The highest BCUT2D eigenvalue weighted by atomic mass is 15.4. The summed E-state index contributed by atoms with van der Waals surface area (Å²) in [7, 11) is 2.16. The van der Waals surface area contributed by atoms with Crippen LogP contribution in [-0.2, 0) is 13.1 Å². The number of piperidine rings is 1. The maximum Gasteiger partial charge on any atom is 0.225 e. The third kappa shape index (κ3) is 8.09. The molecule has 1 aromatic carbocycles. The Morgan fingerprint density at radius 2 is 1.79 bits per heavy atom. The summed E-state index contributed by atoms with van der Waals surface area (Å²) >= 11 is 0. The largest absolute Gasteiger partial charge is 0.356 e. The minimum atomic E-state index is 0.477. The SMILES string of the molecule is CN(c1nc(NCc2cn(CCCNCCCNC3CCCCC3)nn2)nc2ccccc12)C1CCNCC1. The van der Waals surface area contributed by atoms with Crippen molar-refractivity contribution in [3.63, 3.8) is 0 Å². The fraction of sp³-hybridized carbons (Fsp3) is 0.655. The van der Waals surface area contributed by atoms with E-state index in [1.807, 2.05) is 16.9 Å². The Morgan fingerprint density at radius 3 is 2.67 bits per heavy atom. The number of benzene rings is 1. The second kappa shape index (κ2) is 14.5. The minimum absolute atomic E-state index is 0.477. The van der Waals surface area contributed by atoms with Gasteiger partial charge >= 0.3 is 0 Å². The predicted octanol–water partition coefficient (Wildman–Crippen LogP) is 3.31. The molecule has 2 fully saturated rings. The highest BCUT2D eigenvalue weighted by molar-refractivity contribution is 5.90.